The minimum Gasteiger partial charge on any atom is -0.507 e. The van der Waals surface area contributed by atoms with E-state index in [9.17, 15) is 28.6 Å². The number of halogens is 2. The Morgan fingerprint density at radius 3 is 2.08 bits per heavy atom. The number of thioether (sulfide) groups is 1. The van der Waals surface area contributed by atoms with Gasteiger partial charge in [0.2, 0.25) is 0 Å². The van der Waals surface area contributed by atoms with Gasteiger partial charge in [-0.3, -0.25) is 9.59 Å². The largest absolute Gasteiger partial charge is 0.507 e. The van der Waals surface area contributed by atoms with Crippen molar-refractivity contribution in [2.45, 2.75) is 40.2 Å². The van der Waals surface area contributed by atoms with Crippen LogP contribution >= 0.6 is 23.5 Å². The fraction of sp³-hybridized carbons (Fsp3) is 0.143. The SMILES string of the molecule is CC(C)=CCC(Sc1ccc(F)cc1)C1=CC(=O)c2c(O)c(Sc3ccc(F)cc3)cc(O)c2C1=O. The highest BCUT2D eigenvalue weighted by Gasteiger charge is 2.36. The van der Waals surface area contributed by atoms with E-state index in [1.807, 2.05) is 19.9 Å². The third-order valence-corrected chi connectivity index (χ3v) is 7.80. The molecule has 0 aliphatic heterocycles. The van der Waals surface area contributed by atoms with E-state index in [-0.39, 0.29) is 27.4 Å². The van der Waals surface area contributed by atoms with E-state index in [2.05, 4.69) is 0 Å². The third-order valence-electron chi connectivity index (χ3n) is 5.49. The molecular weight excluding hydrogens is 502 g/mol. The molecule has 36 heavy (non-hydrogen) atoms. The number of phenolic OH excluding ortho intramolecular Hbond substituents is 2. The lowest BCUT2D eigenvalue weighted by atomic mass is 9.86. The molecule has 0 heterocycles. The molecule has 8 heteroatoms. The molecule has 184 valence electrons. The number of phenols is 2. The van der Waals surface area contributed by atoms with Crippen molar-refractivity contribution in [2.24, 2.45) is 0 Å². The highest BCUT2D eigenvalue weighted by Crippen LogP contribution is 2.45. The average molecular weight is 525 g/mol. The number of hydrogen-bond donors (Lipinski definition) is 2. The topological polar surface area (TPSA) is 74.6 Å². The van der Waals surface area contributed by atoms with Crippen molar-refractivity contribution < 1.29 is 28.6 Å². The lowest BCUT2D eigenvalue weighted by Gasteiger charge is -2.24. The van der Waals surface area contributed by atoms with Crippen LogP contribution in [0.1, 0.15) is 41.0 Å². The van der Waals surface area contributed by atoms with Gasteiger partial charge in [-0.2, -0.15) is 0 Å². The Morgan fingerprint density at radius 1 is 0.917 bits per heavy atom. The molecule has 0 saturated carbocycles. The summed E-state index contributed by atoms with van der Waals surface area (Å²) in [6.07, 6.45) is 3.57. The summed E-state index contributed by atoms with van der Waals surface area (Å²) in [6.45, 7) is 3.84. The zero-order valence-electron chi connectivity index (χ0n) is 19.4. The molecule has 0 radical (unpaired) electrons. The van der Waals surface area contributed by atoms with Crippen LogP contribution in [0.2, 0.25) is 0 Å². The second-order valence-corrected chi connectivity index (χ2v) is 10.8. The molecule has 0 fully saturated rings. The van der Waals surface area contributed by atoms with Crippen molar-refractivity contribution in [3.8, 4) is 11.5 Å². The number of aromatic hydroxyl groups is 2. The van der Waals surface area contributed by atoms with Crippen molar-refractivity contribution in [3.63, 3.8) is 0 Å². The lowest BCUT2D eigenvalue weighted by molar-refractivity contribution is 0.0977. The lowest BCUT2D eigenvalue weighted by Crippen LogP contribution is -2.24. The van der Waals surface area contributed by atoms with Gasteiger partial charge in [-0.15, -0.1) is 11.8 Å². The van der Waals surface area contributed by atoms with Gasteiger partial charge >= 0.3 is 0 Å². The zero-order chi connectivity index (χ0) is 26.0. The van der Waals surface area contributed by atoms with Crippen LogP contribution in [0.25, 0.3) is 0 Å². The first-order valence-corrected chi connectivity index (χ1v) is 12.7. The predicted molar refractivity (Wildman–Crippen MR) is 137 cm³/mol. The number of carbonyl (C=O) groups is 2. The normalized spacial score (nSPS) is 13.7. The number of allylic oxidation sites excluding steroid dienone is 3. The van der Waals surface area contributed by atoms with Crippen LogP contribution in [0.3, 0.4) is 0 Å². The maximum atomic E-state index is 13.5. The molecule has 3 aromatic rings. The van der Waals surface area contributed by atoms with Crippen LogP contribution in [0, 0.1) is 11.6 Å². The van der Waals surface area contributed by atoms with E-state index in [0.717, 1.165) is 17.3 Å². The minimum atomic E-state index is -0.601. The van der Waals surface area contributed by atoms with Crippen molar-refractivity contribution >= 4 is 35.1 Å². The van der Waals surface area contributed by atoms with E-state index in [1.165, 1.54) is 60.3 Å². The fourth-order valence-corrected chi connectivity index (χ4v) is 5.74. The number of Topliss-reactive ketones (excluding diaryl/α,β-unsaturated/α-hetero) is 1. The van der Waals surface area contributed by atoms with E-state index < -0.39 is 34.1 Å². The summed E-state index contributed by atoms with van der Waals surface area (Å²) in [6, 6.07) is 12.6. The fourth-order valence-electron chi connectivity index (χ4n) is 3.73. The van der Waals surface area contributed by atoms with E-state index in [1.54, 1.807) is 12.1 Å². The number of rotatable bonds is 7. The average Bonchev–Trinajstić information content (AvgIpc) is 2.83. The van der Waals surface area contributed by atoms with Gasteiger partial charge in [0, 0.05) is 20.6 Å². The van der Waals surface area contributed by atoms with Crippen molar-refractivity contribution in [1.82, 2.24) is 0 Å². The smallest absolute Gasteiger partial charge is 0.194 e. The molecule has 1 aliphatic rings. The monoisotopic (exact) mass is 524 g/mol. The molecule has 3 aromatic carbocycles. The highest BCUT2D eigenvalue weighted by atomic mass is 32.2. The van der Waals surface area contributed by atoms with Crippen LogP contribution in [0.15, 0.2) is 92.6 Å². The molecule has 4 rings (SSSR count). The van der Waals surface area contributed by atoms with Gasteiger partial charge in [0.15, 0.2) is 11.6 Å². The quantitative estimate of drug-likeness (QED) is 0.191. The molecule has 0 amide bonds. The van der Waals surface area contributed by atoms with E-state index >= 15 is 0 Å². The molecule has 0 bridgehead atoms. The van der Waals surface area contributed by atoms with Gasteiger partial charge in [0.25, 0.3) is 0 Å². The molecule has 1 atom stereocenters. The molecule has 0 saturated heterocycles. The molecule has 0 aromatic heterocycles. The summed E-state index contributed by atoms with van der Waals surface area (Å²) >= 11 is 2.34. The van der Waals surface area contributed by atoms with Crippen molar-refractivity contribution in [1.29, 1.82) is 0 Å². The number of benzene rings is 3. The Balaban J connectivity index is 1.72. The predicted octanol–water partition coefficient (Wildman–Crippen LogP) is 7.35. The molecule has 1 unspecified atom stereocenters. The maximum absolute atomic E-state index is 13.5. The Labute approximate surface area is 215 Å². The summed E-state index contributed by atoms with van der Waals surface area (Å²) in [7, 11) is 0. The van der Waals surface area contributed by atoms with Gasteiger partial charge in [0.1, 0.15) is 23.1 Å². The number of carbonyl (C=O) groups excluding carboxylic acids is 2. The minimum absolute atomic E-state index is 0.164. The number of fused-ring (bicyclic) bond motifs is 1. The summed E-state index contributed by atoms with van der Waals surface area (Å²) < 4.78 is 26.6. The first kappa shape index (κ1) is 25.7. The Bertz CT molecular complexity index is 1390. The highest BCUT2D eigenvalue weighted by molar-refractivity contribution is 8.00. The standard InChI is InChI=1S/C28H22F2O4S2/c1-15(2)3-12-23(35-18-8-4-16(29)5-9-18)20-13-21(31)26-25(27(20)33)22(32)14-24(28(26)34)36-19-10-6-17(30)7-11-19/h3-11,13-14,23,32,34H,12H2,1-2H3. The summed E-state index contributed by atoms with van der Waals surface area (Å²) in [5, 5.41) is 21.1. The van der Waals surface area contributed by atoms with E-state index in [0.29, 0.717) is 16.2 Å². The molecule has 0 spiro atoms. The molecule has 2 N–H and O–H groups in total. The van der Waals surface area contributed by atoms with Crippen LogP contribution in [-0.4, -0.2) is 27.0 Å². The Kier molecular flexibility index (Phi) is 7.66. The van der Waals surface area contributed by atoms with Crippen molar-refractivity contribution in [3.05, 3.63) is 101 Å². The van der Waals surface area contributed by atoms with Crippen molar-refractivity contribution in [2.75, 3.05) is 0 Å². The van der Waals surface area contributed by atoms with Gasteiger partial charge in [0.05, 0.1) is 16.0 Å². The van der Waals surface area contributed by atoms with Gasteiger partial charge in [-0.05, 0) is 80.9 Å². The first-order chi connectivity index (χ1) is 17.1. The molecular formula is C28H22F2O4S2. The summed E-state index contributed by atoms with van der Waals surface area (Å²) in [4.78, 5) is 28.2. The second kappa shape index (κ2) is 10.7. The number of hydrogen-bond acceptors (Lipinski definition) is 6. The third kappa shape index (κ3) is 5.55. The van der Waals surface area contributed by atoms with Crippen LogP contribution in [0.4, 0.5) is 8.78 Å². The maximum Gasteiger partial charge on any atom is 0.194 e. The Morgan fingerprint density at radius 2 is 1.50 bits per heavy atom. The van der Waals surface area contributed by atoms with Gasteiger partial charge < -0.3 is 10.2 Å². The molecule has 4 nitrogen and oxygen atoms in total. The van der Waals surface area contributed by atoms with Crippen LogP contribution in [0.5, 0.6) is 11.5 Å². The number of ketones is 2. The van der Waals surface area contributed by atoms with Crippen LogP contribution in [-0.2, 0) is 0 Å². The first-order valence-electron chi connectivity index (χ1n) is 11.0. The zero-order valence-corrected chi connectivity index (χ0v) is 21.1. The van der Waals surface area contributed by atoms with Gasteiger partial charge in [-0.25, -0.2) is 8.78 Å². The van der Waals surface area contributed by atoms with Gasteiger partial charge in [-0.1, -0.05) is 23.4 Å². The molecule has 1 aliphatic carbocycles. The summed E-state index contributed by atoms with van der Waals surface area (Å²) in [5.74, 6) is -2.81. The van der Waals surface area contributed by atoms with E-state index in [4.69, 9.17) is 0 Å². The van der Waals surface area contributed by atoms with Crippen LogP contribution < -0.4 is 0 Å². The Hall–Kier alpha value is -3.36. The second-order valence-electron chi connectivity index (χ2n) is 8.42. The summed E-state index contributed by atoms with van der Waals surface area (Å²) in [5.41, 5.74) is 0.702.